The molecule has 10 nitrogen and oxygen atoms in total. The number of ether oxygens (including phenoxy) is 2. The molecule has 2 aliphatic rings. The van der Waals surface area contributed by atoms with Crippen molar-refractivity contribution in [3.05, 3.63) is 32.6 Å². The van der Waals surface area contributed by atoms with E-state index in [1.54, 1.807) is 6.92 Å². The summed E-state index contributed by atoms with van der Waals surface area (Å²) in [6.45, 7) is 4.69. The zero-order valence-corrected chi connectivity index (χ0v) is 15.5. The summed E-state index contributed by atoms with van der Waals surface area (Å²) in [5.41, 5.74) is -0.695. The lowest BCUT2D eigenvalue weighted by Gasteiger charge is -2.30. The van der Waals surface area contributed by atoms with Gasteiger partial charge in [-0.3, -0.25) is 23.4 Å². The van der Waals surface area contributed by atoms with Crippen molar-refractivity contribution < 1.29 is 22.1 Å². The maximum atomic E-state index is 12.1. The molecule has 1 N–H and O–H groups in total. The van der Waals surface area contributed by atoms with Gasteiger partial charge in [0.05, 0.1) is 19.5 Å². The second-order valence-electron chi connectivity index (χ2n) is 6.60. The van der Waals surface area contributed by atoms with E-state index in [0.29, 0.717) is 38.4 Å². The number of nitrogens with zero attached hydrogens (tertiary/aromatic N) is 2. The second-order valence-corrected chi connectivity index (χ2v) is 8.20. The van der Waals surface area contributed by atoms with E-state index in [4.69, 9.17) is 13.7 Å². The quantitative estimate of drug-likeness (QED) is 0.624. The van der Waals surface area contributed by atoms with Crippen molar-refractivity contribution in [1.29, 1.82) is 0 Å². The van der Waals surface area contributed by atoms with Gasteiger partial charge in [-0.25, -0.2) is 4.79 Å². The van der Waals surface area contributed by atoms with Crippen LogP contribution in [0.5, 0.6) is 0 Å². The lowest BCUT2D eigenvalue weighted by atomic mass is 10.1. The third kappa shape index (κ3) is 4.60. The van der Waals surface area contributed by atoms with Gasteiger partial charge in [0.2, 0.25) is 0 Å². The first-order valence-electron chi connectivity index (χ1n) is 8.39. The molecule has 2 fully saturated rings. The van der Waals surface area contributed by atoms with Crippen LogP contribution in [-0.4, -0.2) is 74.2 Å². The molecule has 3 atom stereocenters. The highest BCUT2D eigenvalue weighted by Crippen LogP contribution is 2.31. The van der Waals surface area contributed by atoms with Crippen molar-refractivity contribution in [2.75, 3.05) is 39.1 Å². The van der Waals surface area contributed by atoms with E-state index >= 15 is 0 Å². The van der Waals surface area contributed by atoms with Gasteiger partial charge in [-0.15, -0.1) is 0 Å². The standard InChI is InChI=1S/C15H23N3O7S/c1-10-8-18(15(20)16-14(10)19)13-7-11(25-26(2,21)22)12(24-13)9-17-3-5-23-6-4-17/h8,11-13H,3-7,9H2,1-2H3,(H,16,19,20)/t11-,12+,13+/m0/s1. The van der Waals surface area contributed by atoms with E-state index in [9.17, 15) is 18.0 Å². The van der Waals surface area contributed by atoms with Gasteiger partial charge >= 0.3 is 5.69 Å². The van der Waals surface area contributed by atoms with Crippen molar-refractivity contribution in [2.24, 2.45) is 0 Å². The van der Waals surface area contributed by atoms with Crippen LogP contribution in [0.25, 0.3) is 0 Å². The van der Waals surface area contributed by atoms with E-state index in [-0.39, 0.29) is 6.42 Å². The highest BCUT2D eigenvalue weighted by molar-refractivity contribution is 7.86. The SMILES string of the molecule is Cc1cn([C@H]2C[C@H](OS(C)(=O)=O)[C@@H](CN3CCOCC3)O2)c(=O)[nH]c1=O. The Hall–Kier alpha value is -1.53. The minimum absolute atomic E-state index is 0.188. The minimum Gasteiger partial charge on any atom is -0.379 e. The number of aromatic nitrogens is 2. The molecule has 0 radical (unpaired) electrons. The first-order chi connectivity index (χ1) is 12.2. The molecule has 3 rings (SSSR count). The lowest BCUT2D eigenvalue weighted by molar-refractivity contribution is -0.0477. The summed E-state index contributed by atoms with van der Waals surface area (Å²) in [6.07, 6.45) is 0.649. The van der Waals surface area contributed by atoms with Crippen molar-refractivity contribution >= 4 is 10.1 Å². The van der Waals surface area contributed by atoms with Crippen molar-refractivity contribution in [3.63, 3.8) is 0 Å². The summed E-state index contributed by atoms with van der Waals surface area (Å²) in [7, 11) is -3.68. The third-order valence-electron chi connectivity index (χ3n) is 4.48. The van der Waals surface area contributed by atoms with Crippen LogP contribution >= 0.6 is 0 Å². The molecule has 0 aliphatic carbocycles. The molecule has 11 heteroatoms. The molecule has 3 heterocycles. The lowest BCUT2D eigenvalue weighted by Crippen LogP contribution is -2.44. The Balaban J connectivity index is 1.82. The van der Waals surface area contributed by atoms with Crippen LogP contribution in [0.2, 0.25) is 0 Å². The molecule has 0 aromatic carbocycles. The Kier molecular flexibility index (Phi) is 5.63. The van der Waals surface area contributed by atoms with Gasteiger partial charge in [0, 0.05) is 37.8 Å². The van der Waals surface area contributed by atoms with Crippen LogP contribution in [0, 0.1) is 6.92 Å². The Morgan fingerprint density at radius 3 is 2.65 bits per heavy atom. The normalized spacial score (nSPS) is 27.7. The van der Waals surface area contributed by atoms with Crippen molar-refractivity contribution in [3.8, 4) is 0 Å². The molecule has 146 valence electrons. The number of morpholine rings is 1. The first-order valence-corrected chi connectivity index (χ1v) is 10.2. The molecule has 0 unspecified atom stereocenters. The van der Waals surface area contributed by atoms with E-state index in [1.807, 2.05) is 0 Å². The number of aryl methyl sites for hydroxylation is 1. The number of hydrogen-bond donors (Lipinski definition) is 1. The molecule has 1 aromatic rings. The number of nitrogens with one attached hydrogen (secondary N) is 1. The Labute approximate surface area is 150 Å². The van der Waals surface area contributed by atoms with Crippen LogP contribution in [0.1, 0.15) is 18.2 Å². The van der Waals surface area contributed by atoms with Crippen molar-refractivity contribution in [2.45, 2.75) is 31.8 Å². The maximum Gasteiger partial charge on any atom is 0.330 e. The van der Waals surface area contributed by atoms with Crippen LogP contribution in [-0.2, 0) is 23.8 Å². The van der Waals surface area contributed by atoms with E-state index in [0.717, 1.165) is 6.26 Å². The molecule has 26 heavy (non-hydrogen) atoms. The average Bonchev–Trinajstić information content (AvgIpc) is 2.92. The number of hydrogen-bond acceptors (Lipinski definition) is 8. The van der Waals surface area contributed by atoms with Gasteiger partial charge < -0.3 is 9.47 Å². The van der Waals surface area contributed by atoms with Gasteiger partial charge in [0.15, 0.2) is 0 Å². The first kappa shape index (κ1) is 19.2. The van der Waals surface area contributed by atoms with E-state index < -0.39 is 39.8 Å². The van der Waals surface area contributed by atoms with Gasteiger partial charge in [0.25, 0.3) is 15.7 Å². The molecule has 0 spiro atoms. The van der Waals surface area contributed by atoms with Crippen LogP contribution in [0.3, 0.4) is 0 Å². The molecule has 0 saturated carbocycles. The molecule has 2 saturated heterocycles. The van der Waals surface area contributed by atoms with Crippen molar-refractivity contribution in [1.82, 2.24) is 14.5 Å². The van der Waals surface area contributed by atoms with Gasteiger partial charge in [-0.2, -0.15) is 8.42 Å². The zero-order chi connectivity index (χ0) is 18.9. The van der Waals surface area contributed by atoms with Crippen LogP contribution < -0.4 is 11.2 Å². The van der Waals surface area contributed by atoms with E-state index in [2.05, 4.69) is 9.88 Å². The fraction of sp³-hybridized carbons (Fsp3) is 0.733. The largest absolute Gasteiger partial charge is 0.379 e. The fourth-order valence-corrected chi connectivity index (χ4v) is 3.85. The summed E-state index contributed by atoms with van der Waals surface area (Å²) in [5.74, 6) is 0. The molecule has 1 aromatic heterocycles. The van der Waals surface area contributed by atoms with Crippen LogP contribution in [0.4, 0.5) is 0 Å². The second kappa shape index (κ2) is 7.61. The van der Waals surface area contributed by atoms with Crippen LogP contribution in [0.15, 0.2) is 15.8 Å². The Bertz CT molecular complexity index is 857. The number of rotatable bonds is 5. The molecule has 0 amide bonds. The fourth-order valence-electron chi connectivity index (χ4n) is 3.20. The third-order valence-corrected chi connectivity index (χ3v) is 5.07. The highest BCUT2D eigenvalue weighted by atomic mass is 32.2. The van der Waals surface area contributed by atoms with Gasteiger partial charge in [-0.1, -0.05) is 0 Å². The molecular weight excluding hydrogens is 366 g/mol. The smallest absolute Gasteiger partial charge is 0.330 e. The maximum absolute atomic E-state index is 12.1. The Morgan fingerprint density at radius 1 is 1.31 bits per heavy atom. The average molecular weight is 389 g/mol. The topological polar surface area (TPSA) is 120 Å². The van der Waals surface area contributed by atoms with E-state index in [1.165, 1.54) is 10.8 Å². The summed E-state index contributed by atoms with van der Waals surface area (Å²) >= 11 is 0. The monoisotopic (exact) mass is 389 g/mol. The summed E-state index contributed by atoms with van der Waals surface area (Å²) in [6, 6.07) is 0. The van der Waals surface area contributed by atoms with Gasteiger partial charge in [0.1, 0.15) is 18.4 Å². The molecular formula is C15H23N3O7S. The predicted molar refractivity (Wildman–Crippen MR) is 91.6 cm³/mol. The van der Waals surface area contributed by atoms with Gasteiger partial charge in [-0.05, 0) is 6.92 Å². The summed E-state index contributed by atoms with van der Waals surface area (Å²) in [5, 5.41) is 0. The Morgan fingerprint density at radius 2 is 2.00 bits per heavy atom. The minimum atomic E-state index is -3.68. The molecule has 2 aliphatic heterocycles. The summed E-state index contributed by atoms with van der Waals surface area (Å²) in [4.78, 5) is 28.0. The highest BCUT2D eigenvalue weighted by Gasteiger charge is 2.40. The number of aromatic amines is 1. The predicted octanol–water partition coefficient (Wildman–Crippen LogP) is -1.19. The summed E-state index contributed by atoms with van der Waals surface area (Å²) < 4.78 is 41.0. The number of H-pyrrole nitrogens is 1. The zero-order valence-electron chi connectivity index (χ0n) is 14.7. The molecule has 0 bridgehead atoms.